The maximum atomic E-state index is 13.4. The Morgan fingerprint density at radius 1 is 1.20 bits per heavy atom. The van der Waals surface area contributed by atoms with Crippen molar-refractivity contribution in [3.63, 3.8) is 0 Å². The van der Waals surface area contributed by atoms with Crippen LogP contribution >= 0.6 is 22.9 Å². The highest BCUT2D eigenvalue weighted by Crippen LogP contribution is 2.33. The number of benzene rings is 2. The van der Waals surface area contributed by atoms with Gasteiger partial charge in [0.05, 0.1) is 24.7 Å². The summed E-state index contributed by atoms with van der Waals surface area (Å²) in [6, 6.07) is 12.0. The molecular formula is C23H22ClN5O4S2. The average molecular weight is 532 g/mol. The van der Waals surface area contributed by atoms with E-state index in [9.17, 15) is 13.2 Å². The molecule has 3 heterocycles. The van der Waals surface area contributed by atoms with Crippen molar-refractivity contribution in [2.45, 2.75) is 16.8 Å². The molecule has 1 fully saturated rings. The zero-order chi connectivity index (χ0) is 24.7. The monoisotopic (exact) mass is 531 g/mol. The Balaban J connectivity index is 1.41. The second kappa shape index (κ2) is 9.32. The minimum atomic E-state index is -3.88. The first-order chi connectivity index (χ1) is 16.8. The van der Waals surface area contributed by atoms with Crippen molar-refractivity contribution >= 4 is 65.7 Å². The molecule has 0 radical (unpaired) electrons. The molecule has 182 valence electrons. The second-order valence-corrected chi connectivity index (χ2v) is 12.0. The van der Waals surface area contributed by atoms with Gasteiger partial charge >= 0.3 is 0 Å². The van der Waals surface area contributed by atoms with E-state index in [1.807, 2.05) is 18.2 Å². The lowest BCUT2D eigenvalue weighted by Gasteiger charge is -2.40. The maximum Gasteiger partial charge on any atom is 0.253 e. The van der Waals surface area contributed by atoms with Crippen LogP contribution in [0.3, 0.4) is 0 Å². The number of nitrogens with two attached hydrogens (primary N) is 1. The van der Waals surface area contributed by atoms with Gasteiger partial charge in [0.25, 0.3) is 10.0 Å². The summed E-state index contributed by atoms with van der Waals surface area (Å²) in [6.45, 7) is 0.365. The fourth-order valence-electron chi connectivity index (χ4n) is 4.23. The number of nitrogens with zero attached hydrogens (tertiary/aromatic N) is 4. The minimum Gasteiger partial charge on any atom is -0.383 e. The van der Waals surface area contributed by atoms with E-state index in [-0.39, 0.29) is 29.8 Å². The van der Waals surface area contributed by atoms with E-state index in [1.165, 1.54) is 17.7 Å². The Bertz CT molecular complexity index is 1540. The first-order valence-corrected chi connectivity index (χ1v) is 13.4. The van der Waals surface area contributed by atoms with Gasteiger partial charge in [-0.2, -0.15) is 4.31 Å². The van der Waals surface area contributed by atoms with E-state index in [2.05, 4.69) is 9.97 Å². The smallest absolute Gasteiger partial charge is 0.253 e. The van der Waals surface area contributed by atoms with Crippen molar-refractivity contribution in [2.24, 2.45) is 0 Å². The van der Waals surface area contributed by atoms with E-state index in [0.29, 0.717) is 22.9 Å². The van der Waals surface area contributed by atoms with Crippen molar-refractivity contribution in [3.8, 4) is 0 Å². The third kappa shape index (κ3) is 4.57. The van der Waals surface area contributed by atoms with Crippen molar-refractivity contribution in [2.75, 3.05) is 32.5 Å². The summed E-state index contributed by atoms with van der Waals surface area (Å²) in [5, 5.41) is 2.06. The number of ether oxygens (including phenoxy) is 1. The number of carbonyl (C=O) groups excluding carboxylic acids is 1. The molecule has 1 amide bonds. The molecule has 1 saturated heterocycles. The van der Waals surface area contributed by atoms with Crippen LogP contribution < -0.4 is 5.73 Å². The van der Waals surface area contributed by atoms with Crippen molar-refractivity contribution in [3.05, 3.63) is 59.4 Å². The Morgan fingerprint density at radius 2 is 2.03 bits per heavy atom. The normalized spacial score (nSPS) is 17.5. The van der Waals surface area contributed by atoms with Gasteiger partial charge in [-0.15, -0.1) is 11.3 Å². The van der Waals surface area contributed by atoms with Crippen molar-refractivity contribution < 1.29 is 17.9 Å². The molecule has 2 aromatic heterocycles. The number of hydrogen-bond donors (Lipinski definition) is 1. The number of nitrogen functional groups attached to an aromatic ring is 1. The Labute approximate surface area is 211 Å². The number of aromatic nitrogens is 2. The van der Waals surface area contributed by atoms with Crippen LogP contribution in [0, 0.1) is 0 Å². The van der Waals surface area contributed by atoms with Crippen LogP contribution in [0.1, 0.15) is 5.56 Å². The summed E-state index contributed by atoms with van der Waals surface area (Å²) in [6.07, 6.45) is 1.39. The van der Waals surface area contributed by atoms with Crippen molar-refractivity contribution in [1.29, 1.82) is 0 Å². The fraction of sp³-hybridized carbons (Fsp3) is 0.261. The van der Waals surface area contributed by atoms with Gasteiger partial charge in [-0.1, -0.05) is 23.7 Å². The third-order valence-corrected chi connectivity index (χ3v) is 9.58. The fourth-order valence-corrected chi connectivity index (χ4v) is 7.49. The lowest BCUT2D eigenvalue weighted by Crippen LogP contribution is -2.58. The minimum absolute atomic E-state index is 0.125. The summed E-state index contributed by atoms with van der Waals surface area (Å²) in [4.78, 5) is 23.1. The molecule has 4 aromatic rings. The Hall–Kier alpha value is -2.83. The van der Waals surface area contributed by atoms with Crippen LogP contribution in [0.15, 0.2) is 53.0 Å². The van der Waals surface area contributed by atoms with Crippen molar-refractivity contribution in [1.82, 2.24) is 19.2 Å². The molecule has 5 rings (SSSR count). The Morgan fingerprint density at radius 3 is 2.83 bits per heavy atom. The van der Waals surface area contributed by atoms with E-state index in [4.69, 9.17) is 22.1 Å². The van der Waals surface area contributed by atoms with E-state index in [0.717, 1.165) is 32.4 Å². The van der Waals surface area contributed by atoms with Gasteiger partial charge in [-0.3, -0.25) is 4.79 Å². The number of amides is 1. The lowest BCUT2D eigenvalue weighted by molar-refractivity contribution is -0.139. The van der Waals surface area contributed by atoms with E-state index < -0.39 is 16.1 Å². The zero-order valence-electron chi connectivity index (χ0n) is 18.7. The number of methoxy groups -OCH3 is 1. The standard InChI is InChI=1S/C23H22ClN5O4S2/c1-33-12-17-10-28(35(31,32)22-7-15-3-4-16(24)8-20(15)34-22)11-21(30)29(17)9-14-2-5-18-19(6-14)26-13-27-23(18)25/h2-8,13,17H,9-12H2,1H3,(H2,25,26,27)/t17-/m0/s1. The topological polar surface area (TPSA) is 119 Å². The highest BCUT2D eigenvalue weighted by atomic mass is 35.5. The number of fused-ring (bicyclic) bond motifs is 2. The number of halogens is 1. The summed E-state index contributed by atoms with van der Waals surface area (Å²) < 4.78 is 34.4. The van der Waals surface area contributed by atoms with Gasteiger partial charge < -0.3 is 15.4 Å². The van der Waals surface area contributed by atoms with E-state index >= 15 is 0 Å². The van der Waals surface area contributed by atoms with Crippen LogP contribution in [0.25, 0.3) is 21.0 Å². The summed E-state index contributed by atoms with van der Waals surface area (Å²) >= 11 is 7.20. The predicted octanol–water partition coefficient (Wildman–Crippen LogP) is 3.13. The van der Waals surface area contributed by atoms with Gasteiger partial charge in [0.15, 0.2) is 0 Å². The van der Waals surface area contributed by atoms with Crippen LogP contribution in [0.4, 0.5) is 5.82 Å². The number of thiophene rings is 1. The van der Waals surface area contributed by atoms with Crippen LogP contribution in [0.2, 0.25) is 5.02 Å². The lowest BCUT2D eigenvalue weighted by atomic mass is 10.1. The van der Waals surface area contributed by atoms with Gasteiger partial charge in [0, 0.05) is 35.3 Å². The number of rotatable bonds is 6. The molecule has 0 aliphatic carbocycles. The quantitative estimate of drug-likeness (QED) is 0.406. The number of anilines is 1. The molecule has 12 heteroatoms. The Kier molecular flexibility index (Phi) is 6.36. The predicted molar refractivity (Wildman–Crippen MR) is 136 cm³/mol. The van der Waals surface area contributed by atoms with Gasteiger partial charge in [-0.25, -0.2) is 18.4 Å². The van der Waals surface area contributed by atoms with Gasteiger partial charge in [0.1, 0.15) is 16.4 Å². The summed E-state index contributed by atoms with van der Waals surface area (Å²) in [7, 11) is -2.35. The maximum absolute atomic E-state index is 13.4. The number of carbonyl (C=O) groups is 1. The molecule has 0 unspecified atom stereocenters. The zero-order valence-corrected chi connectivity index (χ0v) is 21.1. The molecule has 1 aliphatic rings. The molecule has 1 aliphatic heterocycles. The number of hydrogen-bond acceptors (Lipinski definition) is 8. The number of piperazine rings is 1. The SMILES string of the molecule is COC[C@@H]1CN(S(=O)(=O)c2cc3ccc(Cl)cc3s2)CC(=O)N1Cc1ccc2c(N)ncnc2c1. The number of sulfonamides is 1. The molecule has 0 spiro atoms. The van der Waals surface area contributed by atoms with Crippen LogP contribution in [-0.2, 0) is 26.1 Å². The first kappa shape index (κ1) is 23.9. The second-order valence-electron chi connectivity index (χ2n) is 8.29. The summed E-state index contributed by atoms with van der Waals surface area (Å²) in [5.74, 6) is 0.0885. The van der Waals surface area contributed by atoms with Crippen LogP contribution in [0.5, 0.6) is 0 Å². The molecule has 2 N–H and O–H groups in total. The molecule has 1 atom stereocenters. The first-order valence-electron chi connectivity index (χ1n) is 10.7. The summed E-state index contributed by atoms with van der Waals surface area (Å²) in [5.41, 5.74) is 7.44. The largest absolute Gasteiger partial charge is 0.383 e. The van der Waals surface area contributed by atoms with Crippen LogP contribution in [-0.4, -0.2) is 66.3 Å². The van der Waals surface area contributed by atoms with E-state index in [1.54, 1.807) is 29.2 Å². The highest BCUT2D eigenvalue weighted by molar-refractivity contribution is 7.91. The molecule has 0 saturated carbocycles. The molecule has 2 aromatic carbocycles. The molecule has 35 heavy (non-hydrogen) atoms. The van der Waals surface area contributed by atoms with Gasteiger partial charge in [0.2, 0.25) is 5.91 Å². The molecule has 0 bridgehead atoms. The molecule has 9 nitrogen and oxygen atoms in total. The average Bonchev–Trinajstić information content (AvgIpc) is 3.25. The molecular weight excluding hydrogens is 510 g/mol. The third-order valence-electron chi connectivity index (χ3n) is 5.98. The highest BCUT2D eigenvalue weighted by Gasteiger charge is 2.39. The van der Waals surface area contributed by atoms with Gasteiger partial charge in [-0.05, 0) is 41.3 Å².